The minimum atomic E-state index is 0.174. The SMILES string of the molecule is O=C1/C(=C/c2ccc(Cl)cc2)CCc2sccc21. The van der Waals surface area contributed by atoms with Gasteiger partial charge in [-0.1, -0.05) is 23.7 Å². The van der Waals surface area contributed by atoms with E-state index >= 15 is 0 Å². The van der Waals surface area contributed by atoms with Gasteiger partial charge in [-0.15, -0.1) is 11.3 Å². The fourth-order valence-electron chi connectivity index (χ4n) is 2.17. The molecule has 18 heavy (non-hydrogen) atoms. The molecule has 3 rings (SSSR count). The summed E-state index contributed by atoms with van der Waals surface area (Å²) in [6.45, 7) is 0. The van der Waals surface area contributed by atoms with Gasteiger partial charge < -0.3 is 0 Å². The summed E-state index contributed by atoms with van der Waals surface area (Å²) in [6, 6.07) is 9.49. The Bertz CT molecular complexity index is 622. The fourth-order valence-corrected chi connectivity index (χ4v) is 3.17. The normalized spacial score (nSPS) is 16.9. The van der Waals surface area contributed by atoms with Crippen molar-refractivity contribution in [1.82, 2.24) is 0 Å². The number of halogens is 1. The molecule has 0 amide bonds. The molecular weight excluding hydrogens is 264 g/mol. The monoisotopic (exact) mass is 274 g/mol. The lowest BCUT2D eigenvalue weighted by Gasteiger charge is -2.13. The Morgan fingerprint density at radius 1 is 1.11 bits per heavy atom. The number of carbonyl (C=O) groups excluding carboxylic acids is 1. The van der Waals surface area contributed by atoms with Gasteiger partial charge in [-0.25, -0.2) is 0 Å². The number of rotatable bonds is 1. The van der Waals surface area contributed by atoms with Crippen LogP contribution in [0, 0.1) is 0 Å². The Labute approximate surface area is 115 Å². The van der Waals surface area contributed by atoms with E-state index in [9.17, 15) is 4.79 Å². The molecule has 0 bridgehead atoms. The zero-order valence-corrected chi connectivity index (χ0v) is 11.2. The lowest BCUT2D eigenvalue weighted by molar-refractivity contribution is 0.102. The highest BCUT2D eigenvalue weighted by Crippen LogP contribution is 2.30. The smallest absolute Gasteiger partial charge is 0.190 e. The van der Waals surface area contributed by atoms with Crippen LogP contribution < -0.4 is 0 Å². The second-order valence-electron chi connectivity index (χ2n) is 4.31. The average Bonchev–Trinajstić information content (AvgIpc) is 2.84. The largest absolute Gasteiger partial charge is 0.289 e. The Morgan fingerprint density at radius 2 is 1.89 bits per heavy atom. The first-order valence-electron chi connectivity index (χ1n) is 5.81. The van der Waals surface area contributed by atoms with Crippen LogP contribution in [0.2, 0.25) is 5.02 Å². The molecule has 90 valence electrons. The zero-order valence-electron chi connectivity index (χ0n) is 9.65. The average molecular weight is 275 g/mol. The predicted molar refractivity (Wildman–Crippen MR) is 76.4 cm³/mol. The van der Waals surface area contributed by atoms with Gasteiger partial charge in [0, 0.05) is 21.0 Å². The van der Waals surface area contributed by atoms with E-state index in [-0.39, 0.29) is 5.78 Å². The van der Waals surface area contributed by atoms with Gasteiger partial charge in [0.05, 0.1) is 0 Å². The van der Waals surface area contributed by atoms with Crippen molar-refractivity contribution in [2.75, 3.05) is 0 Å². The van der Waals surface area contributed by atoms with Crippen molar-refractivity contribution in [1.29, 1.82) is 0 Å². The van der Waals surface area contributed by atoms with E-state index < -0.39 is 0 Å². The van der Waals surface area contributed by atoms with Crippen LogP contribution in [0.3, 0.4) is 0 Å². The van der Waals surface area contributed by atoms with Crippen molar-refractivity contribution in [3.8, 4) is 0 Å². The summed E-state index contributed by atoms with van der Waals surface area (Å²) in [5.74, 6) is 0.174. The minimum absolute atomic E-state index is 0.174. The summed E-state index contributed by atoms with van der Waals surface area (Å²) in [7, 11) is 0. The molecule has 0 N–H and O–H groups in total. The highest BCUT2D eigenvalue weighted by Gasteiger charge is 2.22. The van der Waals surface area contributed by atoms with E-state index in [4.69, 9.17) is 11.6 Å². The number of aryl methyl sites for hydroxylation is 1. The van der Waals surface area contributed by atoms with E-state index in [0.717, 1.165) is 29.5 Å². The first kappa shape index (κ1) is 11.7. The van der Waals surface area contributed by atoms with Gasteiger partial charge in [0.25, 0.3) is 0 Å². The topological polar surface area (TPSA) is 17.1 Å². The summed E-state index contributed by atoms with van der Waals surface area (Å²) >= 11 is 7.52. The molecule has 0 fully saturated rings. The fraction of sp³-hybridized carbons (Fsp3) is 0.133. The number of fused-ring (bicyclic) bond motifs is 1. The van der Waals surface area contributed by atoms with Crippen LogP contribution in [0.4, 0.5) is 0 Å². The first-order valence-corrected chi connectivity index (χ1v) is 7.07. The lowest BCUT2D eigenvalue weighted by Crippen LogP contribution is -2.11. The standard InChI is InChI=1S/C15H11ClOS/c16-12-4-1-10(2-5-12)9-11-3-6-14-13(15(11)17)7-8-18-14/h1-2,4-5,7-9H,3,6H2/b11-9+. The van der Waals surface area contributed by atoms with Crippen molar-refractivity contribution < 1.29 is 4.79 Å². The Balaban J connectivity index is 1.95. The lowest BCUT2D eigenvalue weighted by atomic mass is 9.91. The third-order valence-corrected chi connectivity index (χ3v) is 4.35. The van der Waals surface area contributed by atoms with Crippen LogP contribution in [-0.4, -0.2) is 5.78 Å². The Hall–Kier alpha value is -1.38. The summed E-state index contributed by atoms with van der Waals surface area (Å²) in [5.41, 5.74) is 2.80. The third kappa shape index (κ3) is 2.14. The summed E-state index contributed by atoms with van der Waals surface area (Å²) in [6.07, 6.45) is 3.77. The Kier molecular flexibility index (Phi) is 3.06. The molecular formula is C15H11ClOS. The molecule has 1 aromatic heterocycles. The van der Waals surface area contributed by atoms with Gasteiger partial charge >= 0.3 is 0 Å². The van der Waals surface area contributed by atoms with Crippen LogP contribution in [0.25, 0.3) is 6.08 Å². The molecule has 0 aliphatic heterocycles. The maximum atomic E-state index is 12.3. The number of ketones is 1. The number of thiophene rings is 1. The molecule has 0 unspecified atom stereocenters. The van der Waals surface area contributed by atoms with Gasteiger partial charge in [-0.05, 0) is 48.1 Å². The van der Waals surface area contributed by atoms with Gasteiger partial charge in [-0.2, -0.15) is 0 Å². The maximum Gasteiger partial charge on any atom is 0.190 e. The molecule has 3 heteroatoms. The van der Waals surface area contributed by atoms with Gasteiger partial charge in [0.2, 0.25) is 0 Å². The summed E-state index contributed by atoms with van der Waals surface area (Å²) in [5, 5.41) is 2.71. The maximum absolute atomic E-state index is 12.3. The van der Waals surface area contributed by atoms with Crippen LogP contribution in [0.15, 0.2) is 41.3 Å². The number of Topliss-reactive ketones (excluding diaryl/α,β-unsaturated/α-hetero) is 1. The molecule has 1 nitrogen and oxygen atoms in total. The predicted octanol–water partition coefficient (Wildman–Crippen LogP) is 4.61. The van der Waals surface area contributed by atoms with Crippen LogP contribution >= 0.6 is 22.9 Å². The van der Waals surface area contributed by atoms with E-state index in [1.54, 1.807) is 11.3 Å². The molecule has 0 saturated carbocycles. The second kappa shape index (κ2) is 4.71. The van der Waals surface area contributed by atoms with Crippen LogP contribution in [-0.2, 0) is 6.42 Å². The van der Waals surface area contributed by atoms with Crippen molar-refractivity contribution in [2.24, 2.45) is 0 Å². The second-order valence-corrected chi connectivity index (χ2v) is 5.74. The van der Waals surface area contributed by atoms with Gasteiger partial charge in [0.15, 0.2) is 5.78 Å². The molecule has 1 heterocycles. The molecule has 0 radical (unpaired) electrons. The summed E-state index contributed by atoms with van der Waals surface area (Å²) < 4.78 is 0. The number of carbonyl (C=O) groups is 1. The van der Waals surface area contributed by atoms with Crippen molar-refractivity contribution in [3.05, 3.63) is 62.3 Å². The van der Waals surface area contributed by atoms with Crippen LogP contribution in [0.5, 0.6) is 0 Å². The molecule has 1 aromatic carbocycles. The first-order chi connectivity index (χ1) is 8.74. The molecule has 0 saturated heterocycles. The molecule has 2 aromatic rings. The molecule has 0 atom stereocenters. The van der Waals surface area contributed by atoms with E-state index in [0.29, 0.717) is 5.02 Å². The number of allylic oxidation sites excluding steroid dienone is 1. The molecule has 1 aliphatic carbocycles. The van der Waals surface area contributed by atoms with Crippen molar-refractivity contribution >= 4 is 34.8 Å². The van der Waals surface area contributed by atoms with Crippen molar-refractivity contribution in [3.63, 3.8) is 0 Å². The summed E-state index contributed by atoms with van der Waals surface area (Å²) in [4.78, 5) is 13.5. The number of hydrogen-bond acceptors (Lipinski definition) is 2. The zero-order chi connectivity index (χ0) is 12.5. The van der Waals surface area contributed by atoms with Gasteiger partial charge in [0.1, 0.15) is 0 Å². The third-order valence-electron chi connectivity index (χ3n) is 3.11. The Morgan fingerprint density at radius 3 is 2.67 bits per heavy atom. The van der Waals surface area contributed by atoms with E-state index in [2.05, 4.69) is 0 Å². The quantitative estimate of drug-likeness (QED) is 0.694. The van der Waals surface area contributed by atoms with E-state index in [1.165, 1.54) is 4.88 Å². The highest BCUT2D eigenvalue weighted by atomic mass is 35.5. The number of benzene rings is 1. The molecule has 0 spiro atoms. The highest BCUT2D eigenvalue weighted by molar-refractivity contribution is 7.10. The molecule has 1 aliphatic rings. The van der Waals surface area contributed by atoms with E-state index in [1.807, 2.05) is 41.8 Å². The van der Waals surface area contributed by atoms with Gasteiger partial charge in [-0.3, -0.25) is 4.79 Å². The number of hydrogen-bond donors (Lipinski definition) is 0. The van der Waals surface area contributed by atoms with Crippen molar-refractivity contribution in [2.45, 2.75) is 12.8 Å². The minimum Gasteiger partial charge on any atom is -0.289 e. The van der Waals surface area contributed by atoms with Crippen LogP contribution in [0.1, 0.15) is 27.2 Å².